The van der Waals surface area contributed by atoms with Gasteiger partial charge in [-0.05, 0) is 66.8 Å². The second kappa shape index (κ2) is 10.8. The molecule has 192 valence electrons. The fraction of sp³-hybridized carbons (Fsp3) is 0.269. The van der Waals surface area contributed by atoms with Gasteiger partial charge in [-0.2, -0.15) is 14.4 Å². The molecule has 2 heterocycles. The normalized spacial score (nSPS) is 15.1. The summed E-state index contributed by atoms with van der Waals surface area (Å²) in [5.41, 5.74) is 0.811. The zero-order valence-corrected chi connectivity index (χ0v) is 22.5. The van der Waals surface area contributed by atoms with E-state index in [0.29, 0.717) is 10.2 Å². The molecule has 37 heavy (non-hydrogen) atoms. The molecular formula is C26H25FN4O3S3. The van der Waals surface area contributed by atoms with Crippen molar-refractivity contribution < 1.29 is 17.6 Å². The number of nitrogens with zero attached hydrogens (tertiary/aromatic N) is 4. The highest BCUT2D eigenvalue weighted by Gasteiger charge is 2.29. The molecule has 1 aliphatic rings. The van der Waals surface area contributed by atoms with Crippen LogP contribution in [0.1, 0.15) is 47.3 Å². The van der Waals surface area contributed by atoms with Crippen LogP contribution in [-0.2, 0) is 10.0 Å². The standard InChI is InChI=1S/C26H25FN4O3S3/c1-30(20-6-3-2-4-7-20)37(33,34)22-12-9-18(10-13-22)25(32)31(28-17-21-8-5-15-35-21)26-29-23-14-11-19(27)16-24(23)36-26/h5,8-17,20H,2-4,6-7H2,1H3/b28-17+. The Hall–Kier alpha value is -2.99. The van der Waals surface area contributed by atoms with Crippen LogP contribution >= 0.6 is 22.7 Å². The highest BCUT2D eigenvalue weighted by atomic mass is 32.2. The summed E-state index contributed by atoms with van der Waals surface area (Å²) in [5, 5.41) is 7.74. The Bertz CT molecular complexity index is 1530. The van der Waals surface area contributed by atoms with Crippen molar-refractivity contribution in [1.29, 1.82) is 0 Å². The van der Waals surface area contributed by atoms with Crippen LogP contribution in [0, 0.1) is 5.82 Å². The molecule has 0 bridgehead atoms. The van der Waals surface area contributed by atoms with Crippen molar-refractivity contribution in [3.8, 4) is 0 Å². The van der Waals surface area contributed by atoms with Gasteiger partial charge in [0.15, 0.2) is 0 Å². The summed E-state index contributed by atoms with van der Waals surface area (Å²) in [5.74, 6) is -0.866. The average molecular weight is 557 g/mol. The van der Waals surface area contributed by atoms with Crippen molar-refractivity contribution in [2.24, 2.45) is 5.10 Å². The molecule has 5 rings (SSSR count). The largest absolute Gasteiger partial charge is 0.280 e. The molecule has 2 aromatic heterocycles. The lowest BCUT2D eigenvalue weighted by atomic mass is 9.96. The minimum atomic E-state index is -3.68. The highest BCUT2D eigenvalue weighted by molar-refractivity contribution is 7.89. The van der Waals surface area contributed by atoms with Gasteiger partial charge in [0, 0.05) is 23.5 Å². The van der Waals surface area contributed by atoms with E-state index in [1.807, 2.05) is 17.5 Å². The number of sulfonamides is 1. The van der Waals surface area contributed by atoms with Crippen LogP contribution in [0.2, 0.25) is 0 Å². The van der Waals surface area contributed by atoms with Gasteiger partial charge < -0.3 is 0 Å². The smallest absolute Gasteiger partial charge is 0.267 e. The van der Waals surface area contributed by atoms with E-state index in [-0.39, 0.29) is 21.6 Å². The lowest BCUT2D eigenvalue weighted by Gasteiger charge is -2.30. The number of aromatic nitrogens is 1. The van der Waals surface area contributed by atoms with E-state index in [9.17, 15) is 17.6 Å². The van der Waals surface area contributed by atoms with Crippen molar-refractivity contribution in [3.05, 3.63) is 76.2 Å². The van der Waals surface area contributed by atoms with Gasteiger partial charge in [0.25, 0.3) is 5.91 Å². The van der Waals surface area contributed by atoms with Crippen LogP contribution in [0.4, 0.5) is 9.52 Å². The fourth-order valence-electron chi connectivity index (χ4n) is 4.34. The van der Waals surface area contributed by atoms with Crippen LogP contribution in [0.25, 0.3) is 10.2 Å². The lowest BCUT2D eigenvalue weighted by molar-refractivity contribution is 0.0987. The Morgan fingerprint density at radius 2 is 1.86 bits per heavy atom. The Kier molecular flexibility index (Phi) is 7.47. The molecule has 0 atom stereocenters. The maximum Gasteiger partial charge on any atom is 0.280 e. The van der Waals surface area contributed by atoms with Crippen LogP contribution in [-0.4, -0.2) is 42.9 Å². The topological polar surface area (TPSA) is 82.9 Å². The highest BCUT2D eigenvalue weighted by Crippen LogP contribution is 2.31. The van der Waals surface area contributed by atoms with Crippen LogP contribution in [0.15, 0.2) is 70.0 Å². The quantitative estimate of drug-likeness (QED) is 0.203. The third-order valence-electron chi connectivity index (χ3n) is 6.42. The number of thiophene rings is 1. The van der Waals surface area contributed by atoms with Crippen molar-refractivity contribution in [3.63, 3.8) is 0 Å². The van der Waals surface area contributed by atoms with Gasteiger partial charge in [-0.25, -0.2) is 17.8 Å². The van der Waals surface area contributed by atoms with E-state index in [2.05, 4.69) is 10.1 Å². The molecule has 0 radical (unpaired) electrons. The van der Waals surface area contributed by atoms with Gasteiger partial charge >= 0.3 is 0 Å². The molecule has 1 amide bonds. The molecule has 0 N–H and O–H groups in total. The molecule has 7 nitrogen and oxygen atoms in total. The first kappa shape index (κ1) is 25.7. The summed E-state index contributed by atoms with van der Waals surface area (Å²) in [7, 11) is -2.05. The SMILES string of the molecule is CN(C1CCCCC1)S(=O)(=O)c1ccc(C(=O)N(/N=C/c2cccs2)c2nc3ccc(F)cc3s2)cc1. The van der Waals surface area contributed by atoms with Gasteiger partial charge in [0.2, 0.25) is 15.2 Å². The minimum Gasteiger partial charge on any atom is -0.267 e. The number of amides is 1. The van der Waals surface area contributed by atoms with E-state index < -0.39 is 21.7 Å². The van der Waals surface area contributed by atoms with Gasteiger partial charge in [0.05, 0.1) is 21.3 Å². The number of thiazole rings is 1. The molecule has 2 aromatic carbocycles. The van der Waals surface area contributed by atoms with E-state index in [4.69, 9.17) is 0 Å². The molecule has 1 fully saturated rings. The van der Waals surface area contributed by atoms with E-state index in [1.54, 1.807) is 19.3 Å². The van der Waals surface area contributed by atoms with Crippen LogP contribution in [0.3, 0.4) is 0 Å². The second-order valence-electron chi connectivity index (χ2n) is 8.82. The average Bonchev–Trinajstić information content (AvgIpc) is 3.58. The zero-order chi connectivity index (χ0) is 26.0. The first-order valence-electron chi connectivity index (χ1n) is 11.9. The van der Waals surface area contributed by atoms with Crippen molar-refractivity contribution in [2.45, 2.75) is 43.0 Å². The molecule has 4 aromatic rings. The predicted octanol–water partition coefficient (Wildman–Crippen LogP) is 6.13. The summed E-state index contributed by atoms with van der Waals surface area (Å²) in [6.45, 7) is 0. The molecule has 0 spiro atoms. The second-order valence-corrected chi connectivity index (χ2v) is 12.8. The first-order valence-corrected chi connectivity index (χ1v) is 15.0. The molecule has 11 heteroatoms. The summed E-state index contributed by atoms with van der Waals surface area (Å²) < 4.78 is 42.2. The number of hydrogen-bond donors (Lipinski definition) is 0. The number of hydrazone groups is 1. The third kappa shape index (κ3) is 5.49. The number of carbonyl (C=O) groups is 1. The number of carbonyl (C=O) groups excluding carboxylic acids is 1. The number of benzene rings is 2. The van der Waals surface area contributed by atoms with Gasteiger partial charge in [-0.3, -0.25) is 4.79 Å². The zero-order valence-electron chi connectivity index (χ0n) is 20.1. The maximum absolute atomic E-state index is 13.7. The van der Waals surface area contributed by atoms with Crippen molar-refractivity contribution in [2.75, 3.05) is 12.1 Å². The van der Waals surface area contributed by atoms with Gasteiger partial charge in [-0.1, -0.05) is 36.7 Å². The molecular weight excluding hydrogens is 532 g/mol. The Balaban J connectivity index is 1.44. The molecule has 0 aliphatic heterocycles. The molecule has 0 saturated heterocycles. The number of anilines is 1. The van der Waals surface area contributed by atoms with E-state index in [0.717, 1.165) is 48.3 Å². The Labute approximate surface area is 222 Å². The maximum atomic E-state index is 13.7. The summed E-state index contributed by atoms with van der Waals surface area (Å²) in [4.78, 5) is 19.0. The van der Waals surface area contributed by atoms with Crippen molar-refractivity contribution >= 4 is 60.2 Å². The van der Waals surface area contributed by atoms with Crippen LogP contribution < -0.4 is 5.01 Å². The summed E-state index contributed by atoms with van der Waals surface area (Å²) >= 11 is 2.62. The Morgan fingerprint density at radius 3 is 2.57 bits per heavy atom. The van der Waals surface area contributed by atoms with Gasteiger partial charge in [0.1, 0.15) is 5.82 Å². The first-order chi connectivity index (χ1) is 17.8. The fourth-order valence-corrected chi connectivity index (χ4v) is 7.29. The number of fused-ring (bicyclic) bond motifs is 1. The monoisotopic (exact) mass is 556 g/mol. The molecule has 1 saturated carbocycles. The van der Waals surface area contributed by atoms with Crippen molar-refractivity contribution in [1.82, 2.24) is 9.29 Å². The summed E-state index contributed by atoms with van der Waals surface area (Å²) in [6, 6.07) is 13.9. The lowest BCUT2D eigenvalue weighted by Crippen LogP contribution is -2.38. The van der Waals surface area contributed by atoms with E-state index >= 15 is 0 Å². The Morgan fingerprint density at radius 1 is 1.11 bits per heavy atom. The molecule has 0 unspecified atom stereocenters. The minimum absolute atomic E-state index is 0.00832. The third-order valence-corrected chi connectivity index (χ3v) is 10.1. The van der Waals surface area contributed by atoms with Crippen LogP contribution in [0.5, 0.6) is 0 Å². The molecule has 1 aliphatic carbocycles. The van der Waals surface area contributed by atoms with Gasteiger partial charge in [-0.15, -0.1) is 11.3 Å². The number of halogens is 1. The number of hydrogen-bond acceptors (Lipinski definition) is 7. The number of rotatable bonds is 7. The predicted molar refractivity (Wildman–Crippen MR) is 147 cm³/mol. The van der Waals surface area contributed by atoms with E-state index in [1.165, 1.54) is 57.0 Å². The summed E-state index contributed by atoms with van der Waals surface area (Å²) in [6.07, 6.45) is 6.46.